The number of hydrogen-bond acceptors (Lipinski definition) is 6. The van der Waals surface area contributed by atoms with E-state index in [4.69, 9.17) is 14.0 Å². The molecule has 0 bridgehead atoms. The number of nitrogens with one attached hydrogen (secondary N) is 1. The van der Waals surface area contributed by atoms with Crippen LogP contribution in [-0.4, -0.2) is 23.2 Å². The van der Waals surface area contributed by atoms with Gasteiger partial charge in [0.2, 0.25) is 5.91 Å². The number of pyridine rings is 1. The van der Waals surface area contributed by atoms with E-state index in [1.54, 1.807) is 19.4 Å². The molecule has 7 nitrogen and oxygen atoms in total. The van der Waals surface area contributed by atoms with Crippen molar-refractivity contribution >= 4 is 12.0 Å². The number of aryl methyl sites for hydroxylation is 2. The fourth-order valence-electron chi connectivity index (χ4n) is 3.65. The van der Waals surface area contributed by atoms with Crippen LogP contribution in [0, 0.1) is 13.8 Å². The van der Waals surface area contributed by atoms with Crippen molar-refractivity contribution in [1.82, 2.24) is 15.5 Å². The molecule has 1 N–H and O–H groups in total. The predicted octanol–water partition coefficient (Wildman–Crippen LogP) is 5.19. The Morgan fingerprint density at radius 1 is 1.06 bits per heavy atom. The molecule has 2 aromatic carbocycles. The lowest BCUT2D eigenvalue weighted by Gasteiger charge is -2.18. The maximum absolute atomic E-state index is 12.8. The first kappa shape index (κ1) is 23.8. The first-order valence-electron chi connectivity index (χ1n) is 11.2. The molecule has 0 saturated carbocycles. The van der Waals surface area contributed by atoms with Crippen LogP contribution in [0.15, 0.2) is 83.5 Å². The van der Waals surface area contributed by atoms with E-state index >= 15 is 0 Å². The molecule has 2 heterocycles. The second kappa shape index (κ2) is 11.2. The van der Waals surface area contributed by atoms with Crippen LogP contribution in [0.2, 0.25) is 0 Å². The molecular formula is C28H27N3O4. The van der Waals surface area contributed by atoms with Gasteiger partial charge in [0, 0.05) is 12.3 Å². The summed E-state index contributed by atoms with van der Waals surface area (Å²) in [5.41, 5.74) is 4.23. The molecule has 0 saturated heterocycles. The molecule has 0 aliphatic heterocycles. The number of ether oxygens (including phenoxy) is 2. The summed E-state index contributed by atoms with van der Waals surface area (Å²) in [4.78, 5) is 17.2. The molecule has 0 fully saturated rings. The molecule has 7 heteroatoms. The molecule has 2 aromatic heterocycles. The van der Waals surface area contributed by atoms with Crippen molar-refractivity contribution in [2.45, 2.75) is 26.5 Å². The summed E-state index contributed by atoms with van der Waals surface area (Å²) in [5.74, 6) is 1.65. The van der Waals surface area contributed by atoms with Crippen LogP contribution in [0.1, 0.15) is 39.9 Å². The molecule has 0 aliphatic carbocycles. The maximum Gasteiger partial charge on any atom is 0.244 e. The fraction of sp³-hybridized carbons (Fsp3) is 0.179. The summed E-state index contributed by atoms with van der Waals surface area (Å²) in [5, 5.41) is 7.00. The third kappa shape index (κ3) is 5.95. The Kier molecular flexibility index (Phi) is 7.57. The maximum atomic E-state index is 12.8. The van der Waals surface area contributed by atoms with Crippen LogP contribution in [-0.2, 0) is 11.4 Å². The van der Waals surface area contributed by atoms with Gasteiger partial charge in [-0.25, -0.2) is 0 Å². The second-order valence-electron chi connectivity index (χ2n) is 7.94. The highest BCUT2D eigenvalue weighted by Gasteiger charge is 2.17. The number of benzene rings is 2. The molecule has 4 aromatic rings. The van der Waals surface area contributed by atoms with Gasteiger partial charge in [-0.3, -0.25) is 9.78 Å². The molecule has 35 heavy (non-hydrogen) atoms. The van der Waals surface area contributed by atoms with Gasteiger partial charge in [0.25, 0.3) is 0 Å². The summed E-state index contributed by atoms with van der Waals surface area (Å²) in [6.07, 6.45) is 4.95. The number of carbonyl (C=O) groups excluding carboxylic acids is 1. The van der Waals surface area contributed by atoms with E-state index in [1.165, 1.54) is 6.08 Å². The molecule has 0 spiro atoms. The summed E-state index contributed by atoms with van der Waals surface area (Å²) >= 11 is 0. The smallest absolute Gasteiger partial charge is 0.244 e. The van der Waals surface area contributed by atoms with Crippen molar-refractivity contribution in [3.63, 3.8) is 0 Å². The summed E-state index contributed by atoms with van der Waals surface area (Å²) in [6, 6.07) is 20.5. The number of aromatic nitrogens is 2. The van der Waals surface area contributed by atoms with Gasteiger partial charge >= 0.3 is 0 Å². The van der Waals surface area contributed by atoms with E-state index < -0.39 is 0 Å². The Bertz CT molecular complexity index is 1240. The monoisotopic (exact) mass is 469 g/mol. The Morgan fingerprint density at radius 3 is 2.54 bits per heavy atom. The second-order valence-corrected chi connectivity index (χ2v) is 7.94. The molecule has 1 atom stereocenters. The zero-order valence-electron chi connectivity index (χ0n) is 19.9. The minimum atomic E-state index is -0.357. The summed E-state index contributed by atoms with van der Waals surface area (Å²) in [7, 11) is 1.58. The summed E-state index contributed by atoms with van der Waals surface area (Å²) < 4.78 is 16.6. The van der Waals surface area contributed by atoms with Gasteiger partial charge in [0.05, 0.1) is 30.1 Å². The minimum Gasteiger partial charge on any atom is -0.493 e. The van der Waals surface area contributed by atoms with E-state index in [0.717, 1.165) is 33.8 Å². The first-order valence-corrected chi connectivity index (χ1v) is 11.2. The fourth-order valence-corrected chi connectivity index (χ4v) is 3.65. The molecule has 0 radical (unpaired) electrons. The zero-order valence-corrected chi connectivity index (χ0v) is 19.9. The van der Waals surface area contributed by atoms with Gasteiger partial charge in [-0.2, -0.15) is 0 Å². The Hall–Kier alpha value is -4.39. The molecule has 1 unspecified atom stereocenters. The lowest BCUT2D eigenvalue weighted by molar-refractivity contribution is -0.116. The van der Waals surface area contributed by atoms with Crippen molar-refractivity contribution in [1.29, 1.82) is 0 Å². The van der Waals surface area contributed by atoms with Gasteiger partial charge in [-0.05, 0) is 55.3 Å². The molecule has 0 aliphatic rings. The van der Waals surface area contributed by atoms with Crippen molar-refractivity contribution < 1.29 is 18.8 Å². The van der Waals surface area contributed by atoms with E-state index in [2.05, 4.69) is 15.5 Å². The minimum absolute atomic E-state index is 0.234. The van der Waals surface area contributed by atoms with Gasteiger partial charge in [0.15, 0.2) is 11.5 Å². The summed E-state index contributed by atoms with van der Waals surface area (Å²) in [6.45, 7) is 4.05. The van der Waals surface area contributed by atoms with E-state index in [-0.39, 0.29) is 11.9 Å². The first-order chi connectivity index (χ1) is 17.0. The zero-order chi connectivity index (χ0) is 24.6. The van der Waals surface area contributed by atoms with Gasteiger partial charge in [-0.1, -0.05) is 47.6 Å². The van der Waals surface area contributed by atoms with Gasteiger partial charge < -0.3 is 19.3 Å². The quantitative estimate of drug-likeness (QED) is 0.339. The molecular weight excluding hydrogens is 442 g/mol. The third-order valence-electron chi connectivity index (χ3n) is 5.57. The SMILES string of the molecule is COc1cc(/C=C/C(=O)NC(c2ccccc2)c2ccccn2)ccc1OCc1c(C)noc1C. The van der Waals surface area contributed by atoms with Crippen LogP contribution in [0.3, 0.4) is 0 Å². The molecule has 4 rings (SSSR count). The highest BCUT2D eigenvalue weighted by molar-refractivity contribution is 5.92. The average Bonchev–Trinajstić information content (AvgIpc) is 3.22. The van der Waals surface area contributed by atoms with Crippen molar-refractivity contribution in [3.05, 3.63) is 113 Å². The highest BCUT2D eigenvalue weighted by Crippen LogP contribution is 2.30. The predicted molar refractivity (Wildman–Crippen MR) is 133 cm³/mol. The largest absolute Gasteiger partial charge is 0.493 e. The van der Waals surface area contributed by atoms with Crippen molar-refractivity contribution in [2.75, 3.05) is 7.11 Å². The number of hydrogen-bond donors (Lipinski definition) is 1. The number of amides is 1. The van der Waals surface area contributed by atoms with Gasteiger partial charge in [-0.15, -0.1) is 0 Å². The average molecular weight is 470 g/mol. The standard InChI is InChI=1S/C28H27N3O4/c1-19-23(20(2)35-31-19)18-34-25-14-12-21(17-26(25)33-3)13-15-27(32)30-28(22-9-5-4-6-10-22)24-11-7-8-16-29-24/h4-17,28H,18H2,1-3H3,(H,30,32)/b15-13+. The van der Waals surface area contributed by atoms with Crippen LogP contribution >= 0.6 is 0 Å². The normalized spacial score (nSPS) is 11.9. The number of rotatable bonds is 9. The van der Waals surface area contributed by atoms with Gasteiger partial charge in [0.1, 0.15) is 12.4 Å². The van der Waals surface area contributed by atoms with E-state index in [1.807, 2.05) is 80.6 Å². The Morgan fingerprint density at radius 2 is 1.86 bits per heavy atom. The highest BCUT2D eigenvalue weighted by atomic mass is 16.5. The number of methoxy groups -OCH3 is 1. The number of carbonyl (C=O) groups is 1. The number of nitrogens with zero attached hydrogens (tertiary/aromatic N) is 2. The van der Waals surface area contributed by atoms with E-state index in [9.17, 15) is 4.79 Å². The van der Waals surface area contributed by atoms with Crippen LogP contribution < -0.4 is 14.8 Å². The van der Waals surface area contributed by atoms with E-state index in [0.29, 0.717) is 18.1 Å². The Balaban J connectivity index is 1.46. The van der Waals surface area contributed by atoms with Crippen LogP contribution in [0.5, 0.6) is 11.5 Å². The lowest BCUT2D eigenvalue weighted by Crippen LogP contribution is -2.28. The topological polar surface area (TPSA) is 86.5 Å². The molecule has 178 valence electrons. The van der Waals surface area contributed by atoms with Crippen LogP contribution in [0.4, 0.5) is 0 Å². The van der Waals surface area contributed by atoms with Crippen LogP contribution in [0.25, 0.3) is 6.08 Å². The van der Waals surface area contributed by atoms with Crippen molar-refractivity contribution in [3.8, 4) is 11.5 Å². The molecule has 1 amide bonds. The van der Waals surface area contributed by atoms with Crippen molar-refractivity contribution in [2.24, 2.45) is 0 Å². The lowest BCUT2D eigenvalue weighted by atomic mass is 10.0. The Labute approximate surface area is 204 Å². The third-order valence-corrected chi connectivity index (χ3v) is 5.57.